The van der Waals surface area contributed by atoms with Crippen molar-refractivity contribution >= 4 is 29.3 Å². The molecule has 0 aliphatic heterocycles. The Morgan fingerprint density at radius 3 is 2.39 bits per heavy atom. The van der Waals surface area contributed by atoms with Crippen molar-refractivity contribution in [3.8, 4) is 11.5 Å². The fourth-order valence-electron chi connectivity index (χ4n) is 2.35. The topological polar surface area (TPSA) is 90.9 Å². The molecule has 0 bridgehead atoms. The van der Waals surface area contributed by atoms with E-state index >= 15 is 0 Å². The summed E-state index contributed by atoms with van der Waals surface area (Å²) in [5.74, 6) is -0.932. The number of carbonyl (C=O) groups is 3. The van der Waals surface area contributed by atoms with Gasteiger partial charge >= 0.3 is 5.97 Å². The maximum absolute atomic E-state index is 12.4. The fourth-order valence-corrected chi connectivity index (χ4v) is 2.57. The van der Waals surface area contributed by atoms with Crippen LogP contribution in [0.15, 0.2) is 42.5 Å². The number of hydrogen-bond donors (Lipinski definition) is 1. The lowest BCUT2D eigenvalue weighted by molar-refractivity contribution is -0.144. The molecule has 0 saturated carbocycles. The van der Waals surface area contributed by atoms with Crippen molar-refractivity contribution in [3.05, 3.63) is 58.6 Å². The van der Waals surface area contributed by atoms with E-state index < -0.39 is 30.3 Å². The van der Waals surface area contributed by atoms with Crippen LogP contribution >= 0.6 is 11.6 Å². The zero-order valence-electron chi connectivity index (χ0n) is 15.7. The van der Waals surface area contributed by atoms with Crippen molar-refractivity contribution in [2.45, 2.75) is 13.0 Å². The van der Waals surface area contributed by atoms with Gasteiger partial charge < -0.3 is 19.5 Å². The van der Waals surface area contributed by atoms with E-state index in [2.05, 4.69) is 5.32 Å². The highest BCUT2D eigenvalue weighted by molar-refractivity contribution is 6.33. The molecule has 1 amide bonds. The van der Waals surface area contributed by atoms with E-state index in [1.807, 2.05) is 0 Å². The first kappa shape index (κ1) is 21.2. The smallest absolute Gasteiger partial charge is 0.328 e. The Labute approximate surface area is 167 Å². The van der Waals surface area contributed by atoms with Crippen molar-refractivity contribution < 1.29 is 28.6 Å². The highest BCUT2D eigenvalue weighted by Gasteiger charge is 2.21. The third kappa shape index (κ3) is 5.23. The summed E-state index contributed by atoms with van der Waals surface area (Å²) in [5, 5.41) is 2.75. The van der Waals surface area contributed by atoms with Gasteiger partial charge in [-0.05, 0) is 37.3 Å². The number of esters is 1. The first-order valence-corrected chi connectivity index (χ1v) is 8.72. The van der Waals surface area contributed by atoms with Crippen molar-refractivity contribution in [2.24, 2.45) is 0 Å². The summed E-state index contributed by atoms with van der Waals surface area (Å²) in [6.07, 6.45) is 0. The standard InChI is InChI=1S/C20H20ClNO6/c1-12(22-19(24)14-6-4-5-7-16(14)21)20(25)28-11-17(23)15-10-13(26-2)8-9-18(15)27-3/h4-10,12H,11H2,1-3H3,(H,22,24)/t12-/m0/s1. The molecule has 1 atom stereocenters. The summed E-state index contributed by atoms with van der Waals surface area (Å²) in [5.41, 5.74) is 0.461. The normalized spacial score (nSPS) is 11.3. The summed E-state index contributed by atoms with van der Waals surface area (Å²) in [7, 11) is 2.90. The molecular weight excluding hydrogens is 386 g/mol. The van der Waals surface area contributed by atoms with Crippen LogP contribution in [0.2, 0.25) is 5.02 Å². The van der Waals surface area contributed by atoms with Crippen LogP contribution in [0.5, 0.6) is 11.5 Å². The third-order valence-corrected chi connectivity index (χ3v) is 4.20. The van der Waals surface area contributed by atoms with Gasteiger partial charge in [-0.1, -0.05) is 23.7 Å². The van der Waals surface area contributed by atoms with E-state index in [9.17, 15) is 14.4 Å². The van der Waals surface area contributed by atoms with Crippen LogP contribution < -0.4 is 14.8 Å². The second kappa shape index (κ2) is 9.75. The molecule has 7 nitrogen and oxygen atoms in total. The zero-order chi connectivity index (χ0) is 20.7. The molecule has 2 rings (SSSR count). The molecule has 0 heterocycles. The van der Waals surface area contributed by atoms with E-state index in [1.54, 1.807) is 30.3 Å². The van der Waals surface area contributed by atoms with E-state index in [0.717, 1.165) is 0 Å². The molecule has 0 aliphatic rings. The van der Waals surface area contributed by atoms with Crippen LogP contribution in [-0.4, -0.2) is 44.5 Å². The molecule has 148 valence electrons. The SMILES string of the molecule is COc1ccc(OC)c(C(=O)COC(=O)[C@H](C)NC(=O)c2ccccc2Cl)c1. The number of ether oxygens (including phenoxy) is 3. The molecule has 28 heavy (non-hydrogen) atoms. The van der Waals surface area contributed by atoms with E-state index in [4.69, 9.17) is 25.8 Å². The monoisotopic (exact) mass is 405 g/mol. The quantitative estimate of drug-likeness (QED) is 0.536. The molecule has 0 aliphatic carbocycles. The number of carbonyl (C=O) groups excluding carboxylic acids is 3. The molecule has 0 unspecified atom stereocenters. The lowest BCUT2D eigenvalue weighted by Crippen LogP contribution is -2.40. The minimum Gasteiger partial charge on any atom is -0.497 e. The van der Waals surface area contributed by atoms with E-state index in [1.165, 1.54) is 33.3 Å². The van der Waals surface area contributed by atoms with Crippen LogP contribution in [0.25, 0.3) is 0 Å². The fraction of sp³-hybridized carbons (Fsp3) is 0.250. The molecule has 0 saturated heterocycles. The molecule has 0 aromatic heterocycles. The summed E-state index contributed by atoms with van der Waals surface area (Å²) in [6.45, 7) is 0.947. The number of hydrogen-bond acceptors (Lipinski definition) is 6. The number of amides is 1. The largest absolute Gasteiger partial charge is 0.497 e. The Hall–Kier alpha value is -3.06. The van der Waals surface area contributed by atoms with E-state index in [-0.39, 0.29) is 16.1 Å². The van der Waals surface area contributed by atoms with Crippen molar-refractivity contribution in [1.82, 2.24) is 5.32 Å². The van der Waals surface area contributed by atoms with Crippen LogP contribution in [0, 0.1) is 0 Å². The number of Topliss-reactive ketones (excluding diaryl/α,β-unsaturated/α-hetero) is 1. The average molecular weight is 406 g/mol. The zero-order valence-corrected chi connectivity index (χ0v) is 16.4. The number of halogens is 1. The number of ketones is 1. The highest BCUT2D eigenvalue weighted by atomic mass is 35.5. The lowest BCUT2D eigenvalue weighted by atomic mass is 10.1. The van der Waals surface area contributed by atoms with Gasteiger partial charge in [0.15, 0.2) is 6.61 Å². The van der Waals surface area contributed by atoms with Gasteiger partial charge in [0.25, 0.3) is 5.91 Å². The first-order chi connectivity index (χ1) is 13.4. The van der Waals surface area contributed by atoms with Gasteiger partial charge in [-0.3, -0.25) is 9.59 Å². The van der Waals surface area contributed by atoms with Crippen molar-refractivity contribution in [2.75, 3.05) is 20.8 Å². The summed E-state index contributed by atoms with van der Waals surface area (Å²) < 4.78 is 15.3. The second-order valence-corrected chi connectivity index (χ2v) is 6.18. The molecule has 1 N–H and O–H groups in total. The average Bonchev–Trinajstić information content (AvgIpc) is 2.71. The van der Waals surface area contributed by atoms with Gasteiger partial charge in [0.05, 0.1) is 30.4 Å². The van der Waals surface area contributed by atoms with Crippen molar-refractivity contribution in [1.29, 1.82) is 0 Å². The Bertz CT molecular complexity index is 883. The summed E-state index contributed by atoms with van der Waals surface area (Å²) >= 11 is 5.96. The van der Waals surface area contributed by atoms with Gasteiger partial charge in [-0.2, -0.15) is 0 Å². The molecule has 2 aromatic carbocycles. The molecule has 0 radical (unpaired) electrons. The Balaban J connectivity index is 1.97. The number of methoxy groups -OCH3 is 2. The Morgan fingerprint density at radius 2 is 1.75 bits per heavy atom. The van der Waals surface area contributed by atoms with Gasteiger partial charge in [0.1, 0.15) is 17.5 Å². The van der Waals surface area contributed by atoms with Gasteiger partial charge in [-0.25, -0.2) is 4.79 Å². The number of nitrogens with one attached hydrogen (secondary N) is 1. The van der Waals surface area contributed by atoms with Crippen molar-refractivity contribution in [3.63, 3.8) is 0 Å². The highest BCUT2D eigenvalue weighted by Crippen LogP contribution is 2.24. The lowest BCUT2D eigenvalue weighted by Gasteiger charge is -2.14. The van der Waals surface area contributed by atoms with Crippen LogP contribution in [0.3, 0.4) is 0 Å². The molecule has 2 aromatic rings. The third-order valence-electron chi connectivity index (χ3n) is 3.87. The number of rotatable bonds is 8. The predicted molar refractivity (Wildman–Crippen MR) is 103 cm³/mol. The summed E-state index contributed by atoms with van der Waals surface area (Å²) in [6, 6.07) is 10.2. The first-order valence-electron chi connectivity index (χ1n) is 8.34. The minimum absolute atomic E-state index is 0.224. The summed E-state index contributed by atoms with van der Waals surface area (Å²) in [4.78, 5) is 36.7. The molecule has 0 fully saturated rings. The molecular formula is C20H20ClNO6. The van der Waals surface area contributed by atoms with Gasteiger partial charge in [0, 0.05) is 0 Å². The van der Waals surface area contributed by atoms with Gasteiger partial charge in [0.2, 0.25) is 5.78 Å². The molecule has 8 heteroatoms. The maximum Gasteiger partial charge on any atom is 0.328 e. The van der Waals surface area contributed by atoms with Gasteiger partial charge in [-0.15, -0.1) is 0 Å². The minimum atomic E-state index is -0.969. The van der Waals surface area contributed by atoms with Crippen LogP contribution in [-0.2, 0) is 9.53 Å². The maximum atomic E-state index is 12.4. The Kier molecular flexibility index (Phi) is 7.40. The predicted octanol–water partition coefficient (Wildman–Crippen LogP) is 2.90. The van der Waals surface area contributed by atoms with Crippen LogP contribution in [0.1, 0.15) is 27.6 Å². The molecule has 0 spiro atoms. The number of benzene rings is 2. The van der Waals surface area contributed by atoms with Crippen LogP contribution in [0.4, 0.5) is 0 Å². The second-order valence-electron chi connectivity index (χ2n) is 5.77. The van der Waals surface area contributed by atoms with E-state index in [0.29, 0.717) is 11.5 Å². The Morgan fingerprint density at radius 1 is 1.04 bits per heavy atom.